The third-order valence-corrected chi connectivity index (χ3v) is 4.52. The maximum Gasteiger partial charge on any atom is 0.356 e. The highest BCUT2D eigenvalue weighted by Gasteiger charge is 2.59. The number of allylic oxidation sites excluding steroid dienone is 2. The molecule has 0 amide bonds. The molecule has 0 aromatic rings. The first-order valence-electron chi connectivity index (χ1n) is 10.1. The molecule has 2 heterocycles. The average molecular weight is 428 g/mol. The van der Waals surface area contributed by atoms with E-state index in [-0.39, 0.29) is 17.9 Å². The van der Waals surface area contributed by atoms with Gasteiger partial charge in [0.2, 0.25) is 0 Å². The van der Waals surface area contributed by atoms with Gasteiger partial charge in [-0.1, -0.05) is 12.2 Å². The highest BCUT2D eigenvalue weighted by Crippen LogP contribution is 2.45. The molecule has 0 unspecified atom stereocenters. The van der Waals surface area contributed by atoms with Crippen molar-refractivity contribution in [3.05, 3.63) is 35.7 Å². The van der Waals surface area contributed by atoms with Crippen LogP contribution in [-0.4, -0.2) is 46.8 Å². The molecule has 2 aliphatic heterocycles. The van der Waals surface area contributed by atoms with E-state index in [0.29, 0.717) is 0 Å². The second kappa shape index (κ2) is 8.56. The molecular weight excluding hydrogens is 398 g/mol. The Kier molecular flexibility index (Phi) is 6.68. The van der Waals surface area contributed by atoms with Crippen molar-refractivity contribution in [1.29, 1.82) is 10.5 Å². The number of carbonyl (C=O) groups excluding carboxylic acids is 2. The summed E-state index contributed by atoms with van der Waals surface area (Å²) in [6.45, 7) is 12.0. The first-order valence-corrected chi connectivity index (χ1v) is 10.1. The monoisotopic (exact) mass is 427 g/mol. The van der Waals surface area contributed by atoms with Crippen molar-refractivity contribution < 1.29 is 23.8 Å². The molecule has 0 radical (unpaired) electrons. The second-order valence-corrected chi connectivity index (χ2v) is 9.27. The molecule has 2 atom stereocenters. The van der Waals surface area contributed by atoms with Gasteiger partial charge < -0.3 is 19.1 Å². The number of nitrogens with zero attached hydrogens (tertiary/aromatic N) is 3. The molecule has 0 bridgehead atoms. The van der Waals surface area contributed by atoms with E-state index in [0.717, 1.165) is 0 Å². The topological polar surface area (TPSA) is 113 Å². The molecule has 0 aromatic carbocycles. The molecule has 8 nitrogen and oxygen atoms in total. The Morgan fingerprint density at radius 2 is 1.58 bits per heavy atom. The summed E-state index contributed by atoms with van der Waals surface area (Å²) in [5.41, 5.74) is -3.82. The molecule has 0 aromatic heterocycles. The third-order valence-electron chi connectivity index (χ3n) is 4.52. The third kappa shape index (κ3) is 4.81. The van der Waals surface area contributed by atoms with Crippen LogP contribution < -0.4 is 0 Å². The van der Waals surface area contributed by atoms with E-state index in [1.165, 1.54) is 4.90 Å². The molecular formula is C23H29N3O5. The Labute approximate surface area is 183 Å². The smallest absolute Gasteiger partial charge is 0.356 e. The highest BCUT2D eigenvalue weighted by atomic mass is 16.6. The van der Waals surface area contributed by atoms with Crippen molar-refractivity contribution in [3.63, 3.8) is 0 Å². The van der Waals surface area contributed by atoms with Crippen molar-refractivity contribution in [3.8, 4) is 12.1 Å². The molecule has 0 fully saturated rings. The molecule has 8 heteroatoms. The van der Waals surface area contributed by atoms with Crippen LogP contribution in [0.4, 0.5) is 0 Å². The first kappa shape index (κ1) is 24.2. The van der Waals surface area contributed by atoms with E-state index >= 15 is 0 Å². The number of hydrogen-bond acceptors (Lipinski definition) is 8. The summed E-state index contributed by atoms with van der Waals surface area (Å²) in [5, 5.41) is 20.2. The second-order valence-electron chi connectivity index (χ2n) is 9.27. The van der Waals surface area contributed by atoms with E-state index < -0.39 is 40.7 Å². The van der Waals surface area contributed by atoms with Gasteiger partial charge in [-0.15, -0.1) is 0 Å². The summed E-state index contributed by atoms with van der Waals surface area (Å²) in [4.78, 5) is 28.0. The van der Waals surface area contributed by atoms with Crippen molar-refractivity contribution >= 4 is 11.9 Å². The van der Waals surface area contributed by atoms with E-state index in [1.807, 2.05) is 12.1 Å². The molecule has 0 aliphatic carbocycles. The Balaban J connectivity index is 2.86. The van der Waals surface area contributed by atoms with Gasteiger partial charge in [0.1, 0.15) is 23.0 Å². The summed E-state index contributed by atoms with van der Waals surface area (Å²) >= 11 is 0. The predicted molar refractivity (Wildman–Crippen MR) is 112 cm³/mol. The largest absolute Gasteiger partial charge is 0.456 e. The quantitative estimate of drug-likeness (QED) is 0.629. The summed E-state index contributed by atoms with van der Waals surface area (Å²) in [6, 6.07) is 3.24. The van der Waals surface area contributed by atoms with Gasteiger partial charge in [0.25, 0.3) is 0 Å². The summed E-state index contributed by atoms with van der Waals surface area (Å²) in [5.74, 6) is -1.62. The number of fused-ring (bicyclic) bond motifs is 1. The van der Waals surface area contributed by atoms with Crippen LogP contribution in [0.3, 0.4) is 0 Å². The molecule has 166 valence electrons. The molecule has 31 heavy (non-hydrogen) atoms. The fourth-order valence-electron chi connectivity index (χ4n) is 3.46. The molecule has 2 rings (SSSR count). The Bertz CT molecular complexity index is 905. The Morgan fingerprint density at radius 1 is 1.03 bits per heavy atom. The first-order chi connectivity index (χ1) is 14.3. The molecule has 0 spiro atoms. The minimum absolute atomic E-state index is 0.102. The molecule has 0 N–H and O–H groups in total. The van der Waals surface area contributed by atoms with Gasteiger partial charge >= 0.3 is 11.9 Å². The standard InChI is InChI=1S/C23H29N3O5/c1-8-29-18-16(19(27)30-21(2,3)4)17(20(28)31-22(5,6)7)26-12-10-9-11-15(26)23(18,13-24)14-25/h9-12,15,18H,8H2,1-7H3/t15-,18+/m1/s1. The van der Waals surface area contributed by atoms with Crippen molar-refractivity contribution in [1.82, 2.24) is 4.90 Å². The van der Waals surface area contributed by atoms with E-state index in [1.54, 1.807) is 72.9 Å². The van der Waals surface area contributed by atoms with Gasteiger partial charge in [0, 0.05) is 12.8 Å². The lowest BCUT2D eigenvalue weighted by Crippen LogP contribution is -2.59. The fraction of sp³-hybridized carbons (Fsp3) is 0.565. The van der Waals surface area contributed by atoms with Crippen LogP contribution in [0.1, 0.15) is 48.5 Å². The zero-order valence-electron chi connectivity index (χ0n) is 19.1. The lowest BCUT2D eigenvalue weighted by atomic mass is 9.70. The predicted octanol–water partition coefficient (Wildman–Crippen LogP) is 3.13. The summed E-state index contributed by atoms with van der Waals surface area (Å²) in [7, 11) is 0. The lowest BCUT2D eigenvalue weighted by molar-refractivity contribution is -0.158. The average Bonchev–Trinajstić information content (AvgIpc) is 2.64. The van der Waals surface area contributed by atoms with Gasteiger partial charge in [0.15, 0.2) is 5.41 Å². The number of esters is 2. The van der Waals surface area contributed by atoms with Gasteiger partial charge in [-0.05, 0) is 54.5 Å². The van der Waals surface area contributed by atoms with Crippen LogP contribution >= 0.6 is 0 Å². The number of carbonyl (C=O) groups is 2. The van der Waals surface area contributed by atoms with Gasteiger partial charge in [-0.3, -0.25) is 0 Å². The van der Waals surface area contributed by atoms with Crippen molar-refractivity contribution in [2.45, 2.75) is 71.8 Å². The number of ether oxygens (including phenoxy) is 3. The molecule has 0 saturated heterocycles. The SMILES string of the molecule is CCO[C@H]1C(C(=O)OC(C)(C)C)=C(C(=O)OC(C)(C)C)N2C=CC=C[C@@H]2C1(C#N)C#N. The zero-order chi connectivity index (χ0) is 23.6. The maximum atomic E-state index is 13.3. The number of hydrogen-bond donors (Lipinski definition) is 0. The van der Waals surface area contributed by atoms with Crippen LogP contribution in [0.2, 0.25) is 0 Å². The normalized spacial score (nSPS) is 22.3. The van der Waals surface area contributed by atoms with Crippen LogP contribution in [0.15, 0.2) is 35.7 Å². The number of rotatable bonds is 4. The summed E-state index contributed by atoms with van der Waals surface area (Å²) in [6.07, 6.45) is 5.18. The molecule has 2 aliphatic rings. The fourth-order valence-corrected chi connectivity index (χ4v) is 3.46. The Hall–Kier alpha value is -3.10. The maximum absolute atomic E-state index is 13.3. The van der Waals surface area contributed by atoms with Crippen molar-refractivity contribution in [2.24, 2.45) is 5.41 Å². The van der Waals surface area contributed by atoms with E-state index in [9.17, 15) is 20.1 Å². The molecule has 0 saturated carbocycles. The van der Waals surface area contributed by atoms with Crippen LogP contribution in [0.5, 0.6) is 0 Å². The van der Waals surface area contributed by atoms with Gasteiger partial charge in [-0.2, -0.15) is 10.5 Å². The minimum atomic E-state index is -1.80. The highest BCUT2D eigenvalue weighted by molar-refractivity contribution is 6.02. The number of nitriles is 2. The van der Waals surface area contributed by atoms with E-state index in [2.05, 4.69) is 0 Å². The van der Waals surface area contributed by atoms with Gasteiger partial charge in [-0.25, -0.2) is 9.59 Å². The van der Waals surface area contributed by atoms with Crippen LogP contribution in [-0.2, 0) is 23.8 Å². The zero-order valence-corrected chi connectivity index (χ0v) is 19.1. The van der Waals surface area contributed by atoms with Gasteiger partial charge in [0.05, 0.1) is 23.8 Å². The van der Waals surface area contributed by atoms with E-state index in [4.69, 9.17) is 14.2 Å². The Morgan fingerprint density at radius 3 is 2.06 bits per heavy atom. The van der Waals surface area contributed by atoms with Crippen molar-refractivity contribution in [2.75, 3.05) is 6.61 Å². The van der Waals surface area contributed by atoms with Crippen LogP contribution in [0, 0.1) is 28.1 Å². The summed E-state index contributed by atoms with van der Waals surface area (Å²) < 4.78 is 16.9. The minimum Gasteiger partial charge on any atom is -0.456 e. The van der Waals surface area contributed by atoms with Crippen LogP contribution in [0.25, 0.3) is 0 Å². The lowest BCUT2D eigenvalue weighted by Gasteiger charge is -2.47.